The third kappa shape index (κ3) is 5.69. The maximum Gasteiger partial charge on any atom is 0.477 e. The summed E-state index contributed by atoms with van der Waals surface area (Å²) in [6, 6.07) is 3.07. The Morgan fingerprint density at radius 3 is 1.08 bits per heavy atom. The van der Waals surface area contributed by atoms with E-state index < -0.39 is 35.8 Å². The lowest BCUT2D eigenvalue weighted by atomic mass is 10.3. The van der Waals surface area contributed by atoms with Crippen LogP contribution in [0.5, 0.6) is 11.5 Å². The highest BCUT2D eigenvalue weighted by molar-refractivity contribution is 5.85. The van der Waals surface area contributed by atoms with Crippen molar-refractivity contribution >= 4 is 24.8 Å². The summed E-state index contributed by atoms with van der Waals surface area (Å²) in [6.07, 6.45) is -11.4. The number of halogens is 10. The number of hydrogen-bond acceptors (Lipinski definition) is 4. The lowest BCUT2D eigenvalue weighted by molar-refractivity contribution is -0.306. The monoisotopic (exact) mass is 412 g/mol. The summed E-state index contributed by atoms with van der Waals surface area (Å²) in [5, 5.41) is 0. The lowest BCUT2D eigenvalue weighted by Crippen LogP contribution is -2.55. The number of ether oxygens (including phenoxy) is 2. The van der Waals surface area contributed by atoms with Crippen LogP contribution in [-0.4, -0.2) is 24.3 Å². The highest BCUT2D eigenvalue weighted by Crippen LogP contribution is 2.39. The third-order valence-corrected chi connectivity index (χ3v) is 2.14. The molecular formula is C10H10Cl2F8N2O2. The fraction of sp³-hybridized carbons (Fsp3) is 0.400. The first-order valence-corrected chi connectivity index (χ1v) is 5.23. The zero-order chi connectivity index (χ0) is 17.4. The molecule has 4 N–H and O–H groups in total. The minimum atomic E-state index is -5.71. The molecule has 0 saturated carbocycles. The van der Waals surface area contributed by atoms with Gasteiger partial charge in [-0.15, -0.1) is 24.8 Å². The van der Waals surface area contributed by atoms with Gasteiger partial charge in [0.2, 0.25) is 0 Å². The van der Waals surface area contributed by atoms with E-state index in [1.807, 2.05) is 0 Å². The average molecular weight is 413 g/mol. The van der Waals surface area contributed by atoms with Crippen LogP contribution in [0.1, 0.15) is 0 Å². The second kappa shape index (κ2) is 7.76. The molecule has 24 heavy (non-hydrogen) atoms. The average Bonchev–Trinajstić information content (AvgIpc) is 2.28. The Labute approximate surface area is 141 Å². The summed E-state index contributed by atoms with van der Waals surface area (Å²) in [7, 11) is 0. The zero-order valence-corrected chi connectivity index (χ0v) is 12.8. The maximum absolute atomic E-state index is 13.2. The number of para-hydroxylation sites is 2. The SMILES string of the molecule is Cl.Cl.NC(F)(Oc1ccccc1OC(N)(F)C(F)(F)F)C(F)(F)F. The number of alkyl halides is 8. The quantitative estimate of drug-likeness (QED) is 0.450. The number of benzene rings is 1. The second-order valence-electron chi connectivity index (χ2n) is 3.94. The van der Waals surface area contributed by atoms with Crippen LogP contribution >= 0.6 is 24.8 Å². The molecule has 0 aliphatic heterocycles. The number of nitrogens with two attached hydrogens (primary N) is 2. The van der Waals surface area contributed by atoms with E-state index in [0.717, 1.165) is 12.1 Å². The van der Waals surface area contributed by atoms with Crippen molar-refractivity contribution < 1.29 is 44.6 Å². The van der Waals surface area contributed by atoms with Gasteiger partial charge < -0.3 is 9.47 Å². The fourth-order valence-corrected chi connectivity index (χ4v) is 1.05. The Kier molecular flexibility index (Phi) is 8.09. The first-order chi connectivity index (χ1) is 9.67. The van der Waals surface area contributed by atoms with Gasteiger partial charge in [-0.3, -0.25) is 11.5 Å². The minimum absolute atomic E-state index is 0. The molecule has 1 aromatic carbocycles. The number of hydrogen-bond donors (Lipinski definition) is 2. The van der Waals surface area contributed by atoms with E-state index in [0.29, 0.717) is 12.1 Å². The molecule has 0 fully saturated rings. The van der Waals surface area contributed by atoms with Gasteiger partial charge in [0.05, 0.1) is 0 Å². The molecule has 0 bridgehead atoms. The predicted molar refractivity (Wildman–Crippen MR) is 70.4 cm³/mol. The molecule has 0 spiro atoms. The minimum Gasteiger partial charge on any atom is -0.435 e. The lowest BCUT2D eigenvalue weighted by Gasteiger charge is -2.27. The Morgan fingerprint density at radius 1 is 0.625 bits per heavy atom. The van der Waals surface area contributed by atoms with Crippen molar-refractivity contribution in [1.82, 2.24) is 0 Å². The second-order valence-corrected chi connectivity index (χ2v) is 3.94. The molecular weight excluding hydrogens is 403 g/mol. The summed E-state index contributed by atoms with van der Waals surface area (Å²) < 4.78 is 107. The van der Waals surface area contributed by atoms with Gasteiger partial charge in [-0.1, -0.05) is 12.1 Å². The van der Waals surface area contributed by atoms with E-state index in [4.69, 9.17) is 0 Å². The van der Waals surface area contributed by atoms with Crippen molar-refractivity contribution in [2.45, 2.75) is 24.3 Å². The smallest absolute Gasteiger partial charge is 0.435 e. The number of rotatable bonds is 4. The third-order valence-electron chi connectivity index (χ3n) is 2.14. The highest BCUT2D eigenvalue weighted by atomic mass is 35.5. The van der Waals surface area contributed by atoms with E-state index in [9.17, 15) is 35.1 Å². The Morgan fingerprint density at radius 2 is 0.875 bits per heavy atom. The van der Waals surface area contributed by atoms with Crippen molar-refractivity contribution in [2.75, 3.05) is 0 Å². The molecule has 14 heteroatoms. The highest BCUT2D eigenvalue weighted by Gasteiger charge is 2.58. The van der Waals surface area contributed by atoms with Crippen LogP contribution in [0.2, 0.25) is 0 Å². The molecule has 142 valence electrons. The molecule has 2 unspecified atom stereocenters. The maximum atomic E-state index is 13.2. The Bertz CT molecular complexity index is 489. The van der Waals surface area contributed by atoms with Gasteiger partial charge >= 0.3 is 24.3 Å². The molecule has 0 aromatic heterocycles. The van der Waals surface area contributed by atoms with E-state index in [1.165, 1.54) is 0 Å². The van der Waals surface area contributed by atoms with Gasteiger partial charge in [-0.2, -0.15) is 35.1 Å². The molecule has 4 nitrogen and oxygen atoms in total. The zero-order valence-electron chi connectivity index (χ0n) is 11.1. The largest absolute Gasteiger partial charge is 0.477 e. The molecule has 2 atom stereocenters. The molecule has 1 aromatic rings. The van der Waals surface area contributed by atoms with E-state index >= 15 is 0 Å². The van der Waals surface area contributed by atoms with Crippen LogP contribution in [-0.2, 0) is 0 Å². The van der Waals surface area contributed by atoms with E-state index in [1.54, 1.807) is 0 Å². The van der Waals surface area contributed by atoms with E-state index in [-0.39, 0.29) is 24.8 Å². The summed E-state index contributed by atoms with van der Waals surface area (Å²) in [6.45, 7) is 0. The van der Waals surface area contributed by atoms with Crippen LogP contribution in [0.15, 0.2) is 24.3 Å². The van der Waals surface area contributed by atoms with Gasteiger partial charge in [-0.05, 0) is 12.1 Å². The molecule has 1 rings (SSSR count). The van der Waals surface area contributed by atoms with Gasteiger partial charge in [0.1, 0.15) is 0 Å². The molecule has 0 amide bonds. The van der Waals surface area contributed by atoms with Crippen LogP contribution in [0, 0.1) is 0 Å². The van der Waals surface area contributed by atoms with Gasteiger partial charge in [0.15, 0.2) is 11.5 Å². The molecule has 0 radical (unpaired) electrons. The van der Waals surface area contributed by atoms with E-state index in [2.05, 4.69) is 20.9 Å². The van der Waals surface area contributed by atoms with Gasteiger partial charge in [0.25, 0.3) is 0 Å². The van der Waals surface area contributed by atoms with Gasteiger partial charge in [0, 0.05) is 0 Å². The Hall–Kier alpha value is -1.24. The molecule has 0 saturated heterocycles. The van der Waals surface area contributed by atoms with Crippen molar-refractivity contribution in [3.8, 4) is 11.5 Å². The van der Waals surface area contributed by atoms with Crippen molar-refractivity contribution in [2.24, 2.45) is 11.5 Å². The van der Waals surface area contributed by atoms with Crippen LogP contribution < -0.4 is 20.9 Å². The summed E-state index contributed by atoms with van der Waals surface area (Å²) in [5.74, 6) is -11.9. The van der Waals surface area contributed by atoms with Crippen molar-refractivity contribution in [3.63, 3.8) is 0 Å². The van der Waals surface area contributed by atoms with Crippen molar-refractivity contribution in [3.05, 3.63) is 24.3 Å². The van der Waals surface area contributed by atoms with Crippen LogP contribution in [0.25, 0.3) is 0 Å². The standard InChI is InChI=1S/C10H8F8N2O2.2ClH/c11-7(12,13)9(17,19)21-5-3-1-2-4-6(5)22-10(18,20)8(14,15)16;;/h1-4H,19-20H2;2*1H. The first-order valence-electron chi connectivity index (χ1n) is 5.23. The van der Waals surface area contributed by atoms with Crippen molar-refractivity contribution in [1.29, 1.82) is 0 Å². The van der Waals surface area contributed by atoms with Crippen LogP contribution in [0.4, 0.5) is 35.1 Å². The first kappa shape index (κ1) is 25.0. The molecule has 0 aliphatic carbocycles. The fourth-order valence-electron chi connectivity index (χ4n) is 1.05. The molecule has 0 heterocycles. The summed E-state index contributed by atoms with van der Waals surface area (Å²) in [4.78, 5) is 0. The summed E-state index contributed by atoms with van der Waals surface area (Å²) in [5.41, 5.74) is 8.46. The molecule has 0 aliphatic rings. The predicted octanol–water partition coefficient (Wildman–Crippen LogP) is 3.58. The summed E-state index contributed by atoms with van der Waals surface area (Å²) >= 11 is 0. The van der Waals surface area contributed by atoms with Crippen LogP contribution in [0.3, 0.4) is 0 Å². The Balaban J connectivity index is 0. The normalized spacial score (nSPS) is 16.8. The topological polar surface area (TPSA) is 70.5 Å². The van der Waals surface area contributed by atoms with Gasteiger partial charge in [-0.25, -0.2) is 0 Å².